The van der Waals surface area contributed by atoms with Crippen molar-refractivity contribution in [1.29, 1.82) is 0 Å². The lowest BCUT2D eigenvalue weighted by molar-refractivity contribution is 0.0633. The number of urea groups is 1. The zero-order valence-electron chi connectivity index (χ0n) is 13.2. The minimum absolute atomic E-state index is 0.0440. The molecule has 3 rings (SSSR count). The summed E-state index contributed by atoms with van der Waals surface area (Å²) in [6.45, 7) is 4.20. The summed E-state index contributed by atoms with van der Waals surface area (Å²) < 4.78 is 0.964. The molecule has 5 nitrogen and oxygen atoms in total. The highest BCUT2D eigenvalue weighted by Crippen LogP contribution is 2.16. The van der Waals surface area contributed by atoms with Gasteiger partial charge in [-0.1, -0.05) is 15.9 Å². The fourth-order valence-electron chi connectivity index (χ4n) is 3.16. The minimum atomic E-state index is 0.0440. The molecule has 0 unspecified atom stereocenters. The van der Waals surface area contributed by atoms with E-state index in [9.17, 15) is 9.59 Å². The van der Waals surface area contributed by atoms with Crippen LogP contribution in [0.3, 0.4) is 0 Å². The van der Waals surface area contributed by atoms with Gasteiger partial charge in [0.05, 0.1) is 0 Å². The van der Waals surface area contributed by atoms with Gasteiger partial charge in [-0.05, 0) is 43.5 Å². The van der Waals surface area contributed by atoms with E-state index < -0.39 is 0 Å². The van der Waals surface area contributed by atoms with E-state index in [4.69, 9.17) is 0 Å². The number of amides is 3. The second-order valence-electron chi connectivity index (χ2n) is 6.12. The second-order valence-corrected chi connectivity index (χ2v) is 7.03. The van der Waals surface area contributed by atoms with Crippen LogP contribution in [0.4, 0.5) is 4.79 Å². The third-order valence-corrected chi connectivity index (χ3v) is 5.08. The highest BCUT2D eigenvalue weighted by Gasteiger charge is 2.28. The zero-order valence-corrected chi connectivity index (χ0v) is 14.8. The van der Waals surface area contributed by atoms with Gasteiger partial charge in [-0.3, -0.25) is 4.79 Å². The Hall–Kier alpha value is -1.56. The van der Waals surface area contributed by atoms with E-state index in [1.165, 1.54) is 6.42 Å². The molecule has 2 fully saturated rings. The first-order valence-corrected chi connectivity index (χ1v) is 9.03. The van der Waals surface area contributed by atoms with E-state index in [0.29, 0.717) is 31.7 Å². The number of hydrogen-bond acceptors (Lipinski definition) is 2. The third kappa shape index (κ3) is 3.86. The van der Waals surface area contributed by atoms with Crippen molar-refractivity contribution < 1.29 is 9.59 Å². The smallest absolute Gasteiger partial charge is 0.320 e. The average molecular weight is 380 g/mol. The highest BCUT2D eigenvalue weighted by atomic mass is 79.9. The predicted molar refractivity (Wildman–Crippen MR) is 92.4 cm³/mol. The lowest BCUT2D eigenvalue weighted by Gasteiger charge is -2.38. The molecule has 0 N–H and O–H groups in total. The SMILES string of the molecule is O=C(c1ccc(Br)cc1)N1CCN(C(=O)N2CCCCC2)CC1. The van der Waals surface area contributed by atoms with Crippen molar-refractivity contribution in [3.05, 3.63) is 34.3 Å². The van der Waals surface area contributed by atoms with Crippen LogP contribution in [-0.4, -0.2) is 65.9 Å². The van der Waals surface area contributed by atoms with Crippen molar-refractivity contribution in [2.24, 2.45) is 0 Å². The number of carbonyl (C=O) groups excluding carboxylic acids is 2. The molecule has 1 aromatic carbocycles. The van der Waals surface area contributed by atoms with Gasteiger partial charge in [-0.15, -0.1) is 0 Å². The maximum absolute atomic E-state index is 12.5. The lowest BCUT2D eigenvalue weighted by atomic mass is 10.1. The highest BCUT2D eigenvalue weighted by molar-refractivity contribution is 9.10. The Morgan fingerprint density at radius 2 is 1.26 bits per heavy atom. The van der Waals surface area contributed by atoms with Crippen LogP contribution in [0, 0.1) is 0 Å². The molecule has 0 spiro atoms. The largest absolute Gasteiger partial charge is 0.335 e. The molecule has 2 aliphatic rings. The van der Waals surface area contributed by atoms with Gasteiger partial charge in [-0.2, -0.15) is 0 Å². The number of nitrogens with zero attached hydrogens (tertiary/aromatic N) is 3. The molecule has 0 aliphatic carbocycles. The number of likely N-dealkylation sites (tertiary alicyclic amines) is 1. The molecule has 2 heterocycles. The number of piperidine rings is 1. The Morgan fingerprint density at radius 3 is 1.87 bits per heavy atom. The first-order chi connectivity index (χ1) is 11.1. The van der Waals surface area contributed by atoms with Crippen molar-refractivity contribution in [1.82, 2.24) is 14.7 Å². The predicted octanol–water partition coefficient (Wildman–Crippen LogP) is 2.81. The van der Waals surface area contributed by atoms with Gasteiger partial charge in [0.25, 0.3) is 5.91 Å². The Morgan fingerprint density at radius 1 is 0.739 bits per heavy atom. The third-order valence-electron chi connectivity index (χ3n) is 4.56. The Bertz CT molecular complexity index is 562. The summed E-state index contributed by atoms with van der Waals surface area (Å²) >= 11 is 3.38. The second kappa shape index (κ2) is 7.34. The monoisotopic (exact) mass is 379 g/mol. The van der Waals surface area contributed by atoms with Gasteiger partial charge >= 0.3 is 6.03 Å². The van der Waals surface area contributed by atoms with E-state index in [1.807, 2.05) is 39.0 Å². The van der Waals surface area contributed by atoms with Gasteiger partial charge in [0.2, 0.25) is 0 Å². The molecule has 23 heavy (non-hydrogen) atoms. The molecule has 0 radical (unpaired) electrons. The summed E-state index contributed by atoms with van der Waals surface area (Å²) in [4.78, 5) is 30.6. The van der Waals surface area contributed by atoms with Crippen LogP contribution in [0.2, 0.25) is 0 Å². The van der Waals surface area contributed by atoms with Gasteiger partial charge < -0.3 is 14.7 Å². The molecule has 124 valence electrons. The maximum atomic E-state index is 12.5. The standard InChI is InChI=1S/C17H22BrN3O2/c18-15-6-4-14(5-7-15)16(22)19-10-12-21(13-11-19)17(23)20-8-2-1-3-9-20/h4-7H,1-3,8-13H2. The molecular formula is C17H22BrN3O2. The fraction of sp³-hybridized carbons (Fsp3) is 0.529. The first kappa shape index (κ1) is 16.3. The van der Waals surface area contributed by atoms with Crippen LogP contribution in [0.25, 0.3) is 0 Å². The number of benzene rings is 1. The molecule has 0 aromatic heterocycles. The van der Waals surface area contributed by atoms with Gasteiger partial charge in [0.15, 0.2) is 0 Å². The van der Waals surface area contributed by atoms with Crippen LogP contribution >= 0.6 is 15.9 Å². The molecular weight excluding hydrogens is 358 g/mol. The minimum Gasteiger partial charge on any atom is -0.335 e. The molecule has 2 aliphatic heterocycles. The lowest BCUT2D eigenvalue weighted by Crippen LogP contribution is -2.54. The van der Waals surface area contributed by atoms with Crippen molar-refractivity contribution >= 4 is 27.9 Å². The number of hydrogen-bond donors (Lipinski definition) is 0. The van der Waals surface area contributed by atoms with E-state index in [0.717, 1.165) is 30.4 Å². The van der Waals surface area contributed by atoms with E-state index >= 15 is 0 Å². The number of rotatable bonds is 1. The molecule has 6 heteroatoms. The summed E-state index contributed by atoms with van der Waals surface area (Å²) in [7, 11) is 0. The first-order valence-electron chi connectivity index (χ1n) is 8.24. The maximum Gasteiger partial charge on any atom is 0.320 e. The summed E-state index contributed by atoms with van der Waals surface area (Å²) in [5, 5.41) is 0. The van der Waals surface area contributed by atoms with Gasteiger partial charge in [-0.25, -0.2) is 4.79 Å². The van der Waals surface area contributed by atoms with E-state index in [-0.39, 0.29) is 11.9 Å². The molecule has 2 saturated heterocycles. The van der Waals surface area contributed by atoms with Gasteiger partial charge in [0.1, 0.15) is 0 Å². The average Bonchev–Trinajstić information content (AvgIpc) is 2.62. The quantitative estimate of drug-likeness (QED) is 0.752. The van der Waals surface area contributed by atoms with Crippen LogP contribution in [0.5, 0.6) is 0 Å². The van der Waals surface area contributed by atoms with Crippen LogP contribution < -0.4 is 0 Å². The van der Waals surface area contributed by atoms with E-state index in [1.54, 1.807) is 0 Å². The van der Waals surface area contributed by atoms with Crippen molar-refractivity contribution in [3.8, 4) is 0 Å². The molecule has 1 aromatic rings. The molecule has 0 atom stereocenters. The van der Waals surface area contributed by atoms with Crippen molar-refractivity contribution in [2.75, 3.05) is 39.3 Å². The number of carbonyl (C=O) groups is 2. The topological polar surface area (TPSA) is 43.9 Å². The van der Waals surface area contributed by atoms with Crippen molar-refractivity contribution in [2.45, 2.75) is 19.3 Å². The van der Waals surface area contributed by atoms with Gasteiger partial charge in [0, 0.05) is 49.3 Å². The van der Waals surface area contributed by atoms with Crippen LogP contribution in [0.15, 0.2) is 28.7 Å². The number of halogens is 1. The fourth-order valence-corrected chi connectivity index (χ4v) is 3.43. The summed E-state index contributed by atoms with van der Waals surface area (Å²) in [5.41, 5.74) is 0.698. The zero-order chi connectivity index (χ0) is 16.2. The van der Waals surface area contributed by atoms with Crippen LogP contribution in [-0.2, 0) is 0 Å². The molecule has 0 saturated carbocycles. The molecule has 0 bridgehead atoms. The summed E-state index contributed by atoms with van der Waals surface area (Å²) in [6, 6.07) is 7.56. The molecule has 3 amide bonds. The van der Waals surface area contributed by atoms with Crippen LogP contribution in [0.1, 0.15) is 29.6 Å². The number of piperazine rings is 1. The Labute approximate surface area is 145 Å². The summed E-state index contributed by atoms with van der Waals surface area (Å²) in [5.74, 6) is 0.0440. The summed E-state index contributed by atoms with van der Waals surface area (Å²) in [6.07, 6.45) is 3.43. The Kier molecular flexibility index (Phi) is 5.20. The van der Waals surface area contributed by atoms with Crippen molar-refractivity contribution in [3.63, 3.8) is 0 Å². The Balaban J connectivity index is 1.54. The normalized spacial score (nSPS) is 18.9. The van der Waals surface area contributed by atoms with E-state index in [2.05, 4.69) is 15.9 Å².